The number of aromatic amines is 1. The average Bonchev–Trinajstić information content (AvgIpc) is 3.05. The summed E-state index contributed by atoms with van der Waals surface area (Å²) >= 11 is 0. The van der Waals surface area contributed by atoms with E-state index >= 15 is 0 Å². The predicted molar refractivity (Wildman–Crippen MR) is 72.0 cm³/mol. The number of fused-ring (bicyclic) bond motifs is 1. The van der Waals surface area contributed by atoms with Gasteiger partial charge >= 0.3 is 0 Å². The topological polar surface area (TPSA) is 82.9 Å². The third-order valence-corrected chi connectivity index (χ3v) is 2.70. The summed E-state index contributed by atoms with van der Waals surface area (Å²) in [7, 11) is 3.84. The molecule has 0 amide bonds. The first-order chi connectivity index (χ1) is 9.24. The maximum atomic E-state index is 5.27. The quantitative estimate of drug-likeness (QED) is 0.740. The molecule has 0 aliphatic carbocycles. The summed E-state index contributed by atoms with van der Waals surface area (Å²) in [6, 6.07) is 3.76. The van der Waals surface area contributed by atoms with Crippen LogP contribution in [0.5, 0.6) is 0 Å². The molecule has 7 nitrogen and oxygen atoms in total. The van der Waals surface area contributed by atoms with Crippen molar-refractivity contribution in [3.63, 3.8) is 0 Å². The highest BCUT2D eigenvalue weighted by Crippen LogP contribution is 2.20. The largest absolute Gasteiger partial charge is 0.467 e. The van der Waals surface area contributed by atoms with Crippen molar-refractivity contribution in [3.8, 4) is 0 Å². The van der Waals surface area contributed by atoms with E-state index in [1.807, 2.05) is 31.1 Å². The number of hydrogen-bond donors (Lipinski definition) is 2. The number of anilines is 2. The molecule has 7 heteroatoms. The smallest absolute Gasteiger partial charge is 0.204 e. The van der Waals surface area contributed by atoms with Gasteiger partial charge in [-0.25, -0.2) is 15.0 Å². The van der Waals surface area contributed by atoms with Gasteiger partial charge in [-0.2, -0.15) is 0 Å². The van der Waals surface area contributed by atoms with Gasteiger partial charge in [0.25, 0.3) is 0 Å². The fourth-order valence-electron chi connectivity index (χ4n) is 1.74. The van der Waals surface area contributed by atoms with Gasteiger partial charge in [-0.1, -0.05) is 0 Å². The van der Waals surface area contributed by atoms with Crippen LogP contribution >= 0.6 is 0 Å². The summed E-state index contributed by atoms with van der Waals surface area (Å²) in [6.07, 6.45) is 3.15. The summed E-state index contributed by atoms with van der Waals surface area (Å²) in [5.41, 5.74) is 1.43. The van der Waals surface area contributed by atoms with Crippen molar-refractivity contribution in [2.75, 3.05) is 24.3 Å². The molecule has 0 unspecified atom stereocenters. The molecular weight excluding hydrogens is 244 g/mol. The van der Waals surface area contributed by atoms with Gasteiger partial charge in [-0.15, -0.1) is 0 Å². The Labute approximate surface area is 109 Å². The van der Waals surface area contributed by atoms with Crippen molar-refractivity contribution in [3.05, 3.63) is 30.5 Å². The maximum Gasteiger partial charge on any atom is 0.204 e. The van der Waals surface area contributed by atoms with Gasteiger partial charge in [0.2, 0.25) is 5.95 Å². The minimum absolute atomic E-state index is 0.559. The van der Waals surface area contributed by atoms with Gasteiger partial charge in [0, 0.05) is 14.1 Å². The van der Waals surface area contributed by atoms with Crippen molar-refractivity contribution in [2.24, 2.45) is 0 Å². The Bertz CT molecular complexity index is 673. The number of nitrogens with zero attached hydrogens (tertiary/aromatic N) is 4. The van der Waals surface area contributed by atoms with Gasteiger partial charge < -0.3 is 19.6 Å². The van der Waals surface area contributed by atoms with Gasteiger partial charge in [-0.3, -0.25) is 0 Å². The molecule has 0 aromatic carbocycles. The lowest BCUT2D eigenvalue weighted by molar-refractivity contribution is 0.518. The van der Waals surface area contributed by atoms with Gasteiger partial charge in [0.15, 0.2) is 17.0 Å². The van der Waals surface area contributed by atoms with Gasteiger partial charge in [0.05, 0.1) is 12.8 Å². The highest BCUT2D eigenvalue weighted by molar-refractivity contribution is 5.84. The summed E-state index contributed by atoms with van der Waals surface area (Å²) in [6.45, 7) is 0.559. The van der Waals surface area contributed by atoms with Crippen LogP contribution in [0.25, 0.3) is 11.2 Å². The van der Waals surface area contributed by atoms with E-state index in [2.05, 4.69) is 25.3 Å². The Balaban J connectivity index is 1.90. The molecule has 0 bridgehead atoms. The number of H-pyrrole nitrogens is 1. The van der Waals surface area contributed by atoms with Crippen LogP contribution in [0.1, 0.15) is 5.76 Å². The van der Waals surface area contributed by atoms with Crippen LogP contribution in [0.15, 0.2) is 29.1 Å². The van der Waals surface area contributed by atoms with Crippen LogP contribution in [0.3, 0.4) is 0 Å². The maximum absolute atomic E-state index is 5.27. The van der Waals surface area contributed by atoms with Crippen LogP contribution in [-0.2, 0) is 6.54 Å². The molecule has 0 spiro atoms. The second-order valence-electron chi connectivity index (χ2n) is 4.31. The third kappa shape index (κ3) is 2.22. The zero-order chi connectivity index (χ0) is 13.2. The molecule has 3 aromatic heterocycles. The van der Waals surface area contributed by atoms with Crippen LogP contribution in [0.2, 0.25) is 0 Å². The molecule has 0 aliphatic heterocycles. The van der Waals surface area contributed by atoms with Crippen molar-refractivity contribution in [1.82, 2.24) is 19.9 Å². The standard InChI is InChI=1S/C12H14N6O/c1-18(2)12-16-9-10(14-7-15-11(9)17-12)13-6-8-4-3-5-19-8/h3-5,7H,6H2,1-2H3,(H2,13,14,15,16,17). The van der Waals surface area contributed by atoms with E-state index in [0.29, 0.717) is 18.0 Å². The number of rotatable bonds is 4. The Morgan fingerprint density at radius 1 is 1.37 bits per heavy atom. The zero-order valence-corrected chi connectivity index (χ0v) is 10.7. The molecule has 19 heavy (non-hydrogen) atoms. The van der Waals surface area contributed by atoms with E-state index in [1.165, 1.54) is 6.33 Å². The van der Waals surface area contributed by atoms with Crippen LogP contribution in [-0.4, -0.2) is 34.0 Å². The second-order valence-corrected chi connectivity index (χ2v) is 4.31. The lowest BCUT2D eigenvalue weighted by atomic mass is 10.4. The minimum Gasteiger partial charge on any atom is -0.467 e. The van der Waals surface area contributed by atoms with Gasteiger partial charge in [-0.05, 0) is 12.1 Å². The molecule has 2 N–H and O–H groups in total. The average molecular weight is 258 g/mol. The van der Waals surface area contributed by atoms with E-state index < -0.39 is 0 Å². The third-order valence-electron chi connectivity index (χ3n) is 2.70. The van der Waals surface area contributed by atoms with E-state index in [1.54, 1.807) is 6.26 Å². The molecule has 98 valence electrons. The van der Waals surface area contributed by atoms with E-state index in [0.717, 1.165) is 17.2 Å². The van der Waals surface area contributed by atoms with E-state index in [9.17, 15) is 0 Å². The molecule has 0 saturated heterocycles. The molecule has 0 aliphatic rings. The molecule has 0 radical (unpaired) electrons. The van der Waals surface area contributed by atoms with Crippen molar-refractivity contribution in [2.45, 2.75) is 6.54 Å². The first-order valence-corrected chi connectivity index (χ1v) is 5.88. The monoisotopic (exact) mass is 258 g/mol. The number of imidazole rings is 1. The van der Waals surface area contributed by atoms with Crippen LogP contribution in [0, 0.1) is 0 Å². The predicted octanol–water partition coefficient (Wildman–Crippen LogP) is 1.62. The SMILES string of the molecule is CN(C)c1nc2c(NCc3ccco3)ncnc2[nH]1. The first-order valence-electron chi connectivity index (χ1n) is 5.88. The fourth-order valence-corrected chi connectivity index (χ4v) is 1.74. The number of nitrogens with one attached hydrogen (secondary N) is 2. The van der Waals surface area contributed by atoms with Crippen molar-refractivity contribution >= 4 is 22.9 Å². The van der Waals surface area contributed by atoms with Crippen molar-refractivity contribution < 1.29 is 4.42 Å². The molecule has 3 heterocycles. The summed E-state index contributed by atoms with van der Waals surface area (Å²) in [5.74, 6) is 2.28. The number of aromatic nitrogens is 4. The van der Waals surface area contributed by atoms with E-state index in [4.69, 9.17) is 4.42 Å². The van der Waals surface area contributed by atoms with Crippen molar-refractivity contribution in [1.29, 1.82) is 0 Å². The zero-order valence-electron chi connectivity index (χ0n) is 10.7. The minimum atomic E-state index is 0.559. The summed E-state index contributed by atoms with van der Waals surface area (Å²) < 4.78 is 5.27. The Morgan fingerprint density at radius 2 is 2.26 bits per heavy atom. The first kappa shape index (κ1) is 11.5. The fraction of sp³-hybridized carbons (Fsp3) is 0.250. The number of hydrogen-bond acceptors (Lipinski definition) is 6. The Morgan fingerprint density at radius 3 is 3.00 bits per heavy atom. The molecular formula is C12H14N6O. The van der Waals surface area contributed by atoms with Gasteiger partial charge in [0.1, 0.15) is 12.1 Å². The molecule has 3 aromatic rings. The second kappa shape index (κ2) is 4.60. The molecule has 0 saturated carbocycles. The normalized spacial score (nSPS) is 10.8. The Kier molecular flexibility index (Phi) is 2.79. The Hall–Kier alpha value is -2.57. The molecule has 0 fully saturated rings. The van der Waals surface area contributed by atoms with Crippen LogP contribution in [0.4, 0.5) is 11.8 Å². The molecule has 3 rings (SSSR count). The molecule has 0 atom stereocenters. The highest BCUT2D eigenvalue weighted by atomic mass is 16.3. The van der Waals surface area contributed by atoms with Crippen LogP contribution < -0.4 is 10.2 Å². The van der Waals surface area contributed by atoms with E-state index in [-0.39, 0.29) is 0 Å². The highest BCUT2D eigenvalue weighted by Gasteiger charge is 2.10. The summed E-state index contributed by atoms with van der Waals surface area (Å²) in [4.78, 5) is 17.9. The summed E-state index contributed by atoms with van der Waals surface area (Å²) in [5, 5.41) is 3.20. The lowest BCUT2D eigenvalue weighted by Crippen LogP contribution is -2.10. The number of furan rings is 1. The lowest BCUT2D eigenvalue weighted by Gasteiger charge is -2.05.